The van der Waals surface area contributed by atoms with Gasteiger partial charge in [-0.15, -0.1) is 0 Å². The lowest BCUT2D eigenvalue weighted by molar-refractivity contribution is 0.0976. The highest BCUT2D eigenvalue weighted by Gasteiger charge is 2.17. The van der Waals surface area contributed by atoms with Crippen molar-refractivity contribution in [3.05, 3.63) is 63.6 Å². The van der Waals surface area contributed by atoms with Crippen LogP contribution in [0.15, 0.2) is 51.9 Å². The first-order chi connectivity index (χ1) is 10.2. The standard InChI is InChI=1S/C16H10BrN3O/c17-13-4-5-14-12(7-13)8-15(19-14)20-16(21)11-3-1-2-10(6-11)9-18/h1-7H,8H2,(H,19,20,21). The quantitative estimate of drug-likeness (QED) is 0.865. The third kappa shape index (κ3) is 2.86. The lowest BCUT2D eigenvalue weighted by Gasteiger charge is -2.04. The Hall–Kier alpha value is -2.45. The summed E-state index contributed by atoms with van der Waals surface area (Å²) in [6.07, 6.45) is 0.596. The summed E-state index contributed by atoms with van der Waals surface area (Å²) >= 11 is 3.42. The molecule has 0 fully saturated rings. The number of rotatable bonds is 1. The Morgan fingerprint density at radius 3 is 2.95 bits per heavy atom. The molecule has 1 aliphatic heterocycles. The fourth-order valence-corrected chi connectivity index (χ4v) is 2.58. The fourth-order valence-electron chi connectivity index (χ4n) is 2.18. The van der Waals surface area contributed by atoms with Gasteiger partial charge in [0.15, 0.2) is 0 Å². The minimum absolute atomic E-state index is 0.252. The number of nitrogens with zero attached hydrogens (tertiary/aromatic N) is 2. The van der Waals surface area contributed by atoms with Crippen LogP contribution in [-0.4, -0.2) is 11.7 Å². The van der Waals surface area contributed by atoms with Gasteiger partial charge >= 0.3 is 0 Å². The molecule has 0 atom stereocenters. The highest BCUT2D eigenvalue weighted by Crippen LogP contribution is 2.28. The molecule has 5 heteroatoms. The summed E-state index contributed by atoms with van der Waals surface area (Å²) in [6.45, 7) is 0. The molecular formula is C16H10BrN3O. The van der Waals surface area contributed by atoms with Crippen molar-refractivity contribution in [1.29, 1.82) is 5.26 Å². The van der Waals surface area contributed by atoms with E-state index in [1.165, 1.54) is 0 Å². The lowest BCUT2D eigenvalue weighted by Crippen LogP contribution is -2.30. The van der Waals surface area contributed by atoms with Gasteiger partial charge in [-0.25, -0.2) is 4.99 Å². The number of hydrogen-bond acceptors (Lipinski definition) is 3. The third-order valence-corrected chi connectivity index (χ3v) is 3.66. The summed E-state index contributed by atoms with van der Waals surface area (Å²) in [6, 6.07) is 14.4. The smallest absolute Gasteiger partial charge is 0.256 e. The molecule has 2 aromatic rings. The van der Waals surface area contributed by atoms with Crippen molar-refractivity contribution < 1.29 is 4.79 Å². The van der Waals surface area contributed by atoms with E-state index < -0.39 is 0 Å². The molecule has 4 nitrogen and oxygen atoms in total. The summed E-state index contributed by atoms with van der Waals surface area (Å²) in [7, 11) is 0. The van der Waals surface area contributed by atoms with Gasteiger partial charge in [0.25, 0.3) is 5.91 Å². The summed E-state index contributed by atoms with van der Waals surface area (Å²) in [5, 5.41) is 11.7. The number of nitriles is 1. The average molecular weight is 340 g/mol. The molecule has 0 aromatic heterocycles. The largest absolute Gasteiger partial charge is 0.310 e. The Morgan fingerprint density at radius 2 is 2.14 bits per heavy atom. The van der Waals surface area contributed by atoms with E-state index in [-0.39, 0.29) is 5.91 Å². The molecule has 102 valence electrons. The lowest BCUT2D eigenvalue weighted by atomic mass is 10.1. The Kier molecular flexibility index (Phi) is 3.55. The number of carbonyl (C=O) groups excluding carboxylic acids is 1. The van der Waals surface area contributed by atoms with Crippen LogP contribution in [0.2, 0.25) is 0 Å². The van der Waals surface area contributed by atoms with Gasteiger partial charge in [-0.2, -0.15) is 5.26 Å². The van der Waals surface area contributed by atoms with Crippen molar-refractivity contribution in [1.82, 2.24) is 5.32 Å². The maximum Gasteiger partial charge on any atom is 0.256 e. The monoisotopic (exact) mass is 339 g/mol. The summed E-state index contributed by atoms with van der Waals surface area (Å²) < 4.78 is 0.991. The molecule has 0 unspecified atom stereocenters. The fraction of sp³-hybridized carbons (Fsp3) is 0.0625. The minimum atomic E-state index is -0.252. The van der Waals surface area contributed by atoms with E-state index in [1.54, 1.807) is 24.3 Å². The predicted octanol–water partition coefficient (Wildman–Crippen LogP) is 3.34. The molecule has 0 aliphatic carbocycles. The van der Waals surface area contributed by atoms with Crippen LogP contribution in [0.4, 0.5) is 5.69 Å². The van der Waals surface area contributed by atoms with Crippen LogP contribution in [0.3, 0.4) is 0 Å². The molecule has 0 saturated heterocycles. The van der Waals surface area contributed by atoms with Gasteiger partial charge < -0.3 is 5.32 Å². The van der Waals surface area contributed by atoms with Gasteiger partial charge in [0.05, 0.1) is 17.3 Å². The minimum Gasteiger partial charge on any atom is -0.310 e. The van der Waals surface area contributed by atoms with Gasteiger partial charge in [-0.05, 0) is 42.0 Å². The van der Waals surface area contributed by atoms with Crippen LogP contribution in [0.5, 0.6) is 0 Å². The van der Waals surface area contributed by atoms with Crippen LogP contribution in [0.25, 0.3) is 0 Å². The van der Waals surface area contributed by atoms with E-state index >= 15 is 0 Å². The van der Waals surface area contributed by atoms with Crippen LogP contribution >= 0.6 is 15.9 Å². The van der Waals surface area contributed by atoms with E-state index in [0.29, 0.717) is 23.4 Å². The molecule has 2 aromatic carbocycles. The van der Waals surface area contributed by atoms with Gasteiger partial charge in [0.1, 0.15) is 5.84 Å². The maximum atomic E-state index is 12.2. The number of fused-ring (bicyclic) bond motifs is 1. The second-order valence-electron chi connectivity index (χ2n) is 4.66. The summed E-state index contributed by atoms with van der Waals surface area (Å²) in [5.74, 6) is 0.369. The summed E-state index contributed by atoms with van der Waals surface area (Å²) in [5.41, 5.74) is 2.86. The number of aliphatic imine (C=N–C) groups is 1. The topological polar surface area (TPSA) is 65.2 Å². The molecule has 21 heavy (non-hydrogen) atoms. The highest BCUT2D eigenvalue weighted by atomic mass is 79.9. The van der Waals surface area contributed by atoms with E-state index in [0.717, 1.165) is 15.7 Å². The number of nitrogens with one attached hydrogen (secondary N) is 1. The van der Waals surface area contributed by atoms with Crippen molar-refractivity contribution >= 4 is 33.4 Å². The third-order valence-electron chi connectivity index (χ3n) is 3.17. The van der Waals surface area contributed by atoms with Gasteiger partial charge in [0.2, 0.25) is 0 Å². The molecule has 3 rings (SSSR count). The Bertz CT molecular complexity index is 805. The number of halogens is 1. The SMILES string of the molecule is N#Cc1cccc(C(=O)NC2=Nc3ccc(Br)cc3C2)c1. The number of amidine groups is 1. The van der Waals surface area contributed by atoms with E-state index in [2.05, 4.69) is 26.2 Å². The van der Waals surface area contributed by atoms with Gasteiger partial charge in [-0.1, -0.05) is 22.0 Å². The molecule has 0 radical (unpaired) electrons. The average Bonchev–Trinajstić information content (AvgIpc) is 2.88. The van der Waals surface area contributed by atoms with Crippen molar-refractivity contribution in [2.24, 2.45) is 4.99 Å². The Morgan fingerprint density at radius 1 is 1.29 bits per heavy atom. The maximum absolute atomic E-state index is 12.2. The number of carbonyl (C=O) groups is 1. The van der Waals surface area contributed by atoms with E-state index in [4.69, 9.17) is 5.26 Å². The number of benzene rings is 2. The van der Waals surface area contributed by atoms with Gasteiger partial charge in [-0.3, -0.25) is 4.79 Å². The number of amides is 1. The van der Waals surface area contributed by atoms with Crippen molar-refractivity contribution in [2.45, 2.75) is 6.42 Å². The van der Waals surface area contributed by atoms with Crippen LogP contribution in [-0.2, 0) is 6.42 Å². The van der Waals surface area contributed by atoms with Crippen LogP contribution in [0, 0.1) is 11.3 Å². The zero-order chi connectivity index (χ0) is 14.8. The van der Waals surface area contributed by atoms with Crippen molar-refractivity contribution in [3.8, 4) is 6.07 Å². The van der Waals surface area contributed by atoms with Gasteiger partial charge in [0, 0.05) is 16.5 Å². The van der Waals surface area contributed by atoms with Crippen LogP contribution in [0.1, 0.15) is 21.5 Å². The van der Waals surface area contributed by atoms with E-state index in [9.17, 15) is 4.79 Å². The first kappa shape index (κ1) is 13.5. The Labute approximate surface area is 130 Å². The molecular weight excluding hydrogens is 330 g/mol. The summed E-state index contributed by atoms with van der Waals surface area (Å²) in [4.78, 5) is 16.6. The van der Waals surface area contributed by atoms with Crippen LogP contribution < -0.4 is 5.32 Å². The molecule has 1 heterocycles. The Balaban J connectivity index is 1.77. The molecule has 0 spiro atoms. The zero-order valence-electron chi connectivity index (χ0n) is 10.9. The second kappa shape index (κ2) is 5.51. The molecule has 1 amide bonds. The normalized spacial score (nSPS) is 12.3. The second-order valence-corrected chi connectivity index (χ2v) is 5.57. The molecule has 1 N–H and O–H groups in total. The van der Waals surface area contributed by atoms with Crippen molar-refractivity contribution in [2.75, 3.05) is 0 Å². The first-order valence-corrected chi connectivity index (χ1v) is 7.12. The number of hydrogen-bond donors (Lipinski definition) is 1. The van der Waals surface area contributed by atoms with E-state index in [1.807, 2.05) is 24.3 Å². The molecule has 0 bridgehead atoms. The first-order valence-electron chi connectivity index (χ1n) is 6.33. The molecule has 1 aliphatic rings. The molecule has 0 saturated carbocycles. The zero-order valence-corrected chi connectivity index (χ0v) is 12.5. The predicted molar refractivity (Wildman–Crippen MR) is 83.6 cm³/mol. The van der Waals surface area contributed by atoms with Crippen molar-refractivity contribution in [3.63, 3.8) is 0 Å². The highest BCUT2D eigenvalue weighted by molar-refractivity contribution is 9.10.